The van der Waals surface area contributed by atoms with E-state index in [0.29, 0.717) is 12.0 Å². The van der Waals surface area contributed by atoms with Gasteiger partial charge in [-0.1, -0.05) is 0 Å². The second kappa shape index (κ2) is 5.24. The van der Waals surface area contributed by atoms with Crippen LogP contribution in [0.4, 0.5) is 5.95 Å². The summed E-state index contributed by atoms with van der Waals surface area (Å²) < 4.78 is 2.76. The molecule has 18 heavy (non-hydrogen) atoms. The summed E-state index contributed by atoms with van der Waals surface area (Å²) in [6.07, 6.45) is 5.40. The maximum absolute atomic E-state index is 4.51. The Bertz CT molecular complexity index is 530. The molecule has 0 aromatic carbocycles. The molecule has 2 aromatic heterocycles. The van der Waals surface area contributed by atoms with Crippen LogP contribution in [0, 0.1) is 0 Å². The zero-order valence-electron chi connectivity index (χ0n) is 10.1. The van der Waals surface area contributed by atoms with Crippen molar-refractivity contribution in [1.29, 1.82) is 0 Å². The predicted molar refractivity (Wildman–Crippen MR) is 74.8 cm³/mol. The SMILES string of the molecule is Brc1cccn2nc(NC3CCCNCC3)nc12. The monoisotopic (exact) mass is 309 g/mol. The van der Waals surface area contributed by atoms with Crippen molar-refractivity contribution in [3.8, 4) is 0 Å². The van der Waals surface area contributed by atoms with E-state index in [0.717, 1.165) is 29.6 Å². The number of hydrogen-bond donors (Lipinski definition) is 2. The molecule has 1 atom stereocenters. The molecule has 0 aliphatic carbocycles. The Morgan fingerprint density at radius 2 is 2.33 bits per heavy atom. The average Bonchev–Trinajstić information content (AvgIpc) is 2.60. The van der Waals surface area contributed by atoms with Gasteiger partial charge in [-0.15, -0.1) is 5.10 Å². The molecule has 96 valence electrons. The summed E-state index contributed by atoms with van der Waals surface area (Å²) in [5, 5.41) is 11.3. The van der Waals surface area contributed by atoms with Crippen molar-refractivity contribution in [2.45, 2.75) is 25.3 Å². The van der Waals surface area contributed by atoms with Gasteiger partial charge in [0.15, 0.2) is 5.65 Å². The van der Waals surface area contributed by atoms with Crippen LogP contribution in [0.3, 0.4) is 0 Å². The van der Waals surface area contributed by atoms with Crippen molar-refractivity contribution >= 4 is 27.5 Å². The van der Waals surface area contributed by atoms with Crippen LogP contribution in [0.2, 0.25) is 0 Å². The van der Waals surface area contributed by atoms with Crippen LogP contribution in [0.5, 0.6) is 0 Å². The molecule has 0 bridgehead atoms. The highest BCUT2D eigenvalue weighted by Gasteiger charge is 2.14. The zero-order chi connectivity index (χ0) is 12.4. The molecule has 1 aliphatic heterocycles. The Morgan fingerprint density at radius 1 is 1.39 bits per heavy atom. The number of nitrogens with one attached hydrogen (secondary N) is 2. The number of anilines is 1. The molecule has 0 radical (unpaired) electrons. The average molecular weight is 310 g/mol. The lowest BCUT2D eigenvalue weighted by atomic mass is 10.1. The molecule has 1 fully saturated rings. The lowest BCUT2D eigenvalue weighted by molar-refractivity contribution is 0.631. The summed E-state index contributed by atoms with van der Waals surface area (Å²) >= 11 is 3.49. The fourth-order valence-corrected chi connectivity index (χ4v) is 2.70. The summed E-state index contributed by atoms with van der Waals surface area (Å²) in [5.74, 6) is 0.716. The van der Waals surface area contributed by atoms with Crippen LogP contribution in [-0.2, 0) is 0 Å². The molecule has 2 N–H and O–H groups in total. The normalized spacial score (nSPS) is 20.8. The quantitative estimate of drug-likeness (QED) is 0.891. The molecule has 3 rings (SSSR count). The van der Waals surface area contributed by atoms with E-state index >= 15 is 0 Å². The van der Waals surface area contributed by atoms with Gasteiger partial charge in [-0.2, -0.15) is 4.98 Å². The van der Waals surface area contributed by atoms with Crippen LogP contribution in [-0.4, -0.2) is 33.7 Å². The van der Waals surface area contributed by atoms with E-state index in [1.54, 1.807) is 4.52 Å². The van der Waals surface area contributed by atoms with Gasteiger partial charge in [0.1, 0.15) is 0 Å². The Labute approximate surface area is 114 Å². The van der Waals surface area contributed by atoms with Crippen molar-refractivity contribution < 1.29 is 0 Å². The molecular weight excluding hydrogens is 294 g/mol. The Kier molecular flexibility index (Phi) is 3.47. The molecule has 1 aliphatic rings. The summed E-state index contributed by atoms with van der Waals surface area (Å²) in [6.45, 7) is 2.18. The standard InChI is InChI=1S/C12H16BrN5/c13-10-4-2-8-18-11(10)16-12(17-18)15-9-3-1-6-14-7-5-9/h2,4,8-9,14H,1,3,5-7H2,(H,15,17). The molecule has 0 amide bonds. The van der Waals surface area contributed by atoms with E-state index in [9.17, 15) is 0 Å². The molecular formula is C12H16BrN5. The number of aromatic nitrogens is 3. The Morgan fingerprint density at radius 3 is 3.22 bits per heavy atom. The van der Waals surface area contributed by atoms with Crippen LogP contribution < -0.4 is 10.6 Å². The van der Waals surface area contributed by atoms with Crippen molar-refractivity contribution in [2.24, 2.45) is 0 Å². The Balaban J connectivity index is 1.79. The number of pyridine rings is 1. The third-order valence-corrected chi connectivity index (χ3v) is 3.84. The number of fused-ring (bicyclic) bond motifs is 1. The third-order valence-electron chi connectivity index (χ3n) is 3.22. The minimum absolute atomic E-state index is 0.469. The summed E-state index contributed by atoms with van der Waals surface area (Å²) in [4.78, 5) is 4.51. The second-order valence-electron chi connectivity index (χ2n) is 4.58. The maximum Gasteiger partial charge on any atom is 0.243 e. The molecule has 1 unspecified atom stereocenters. The van der Waals surface area contributed by atoms with Gasteiger partial charge in [0, 0.05) is 12.2 Å². The van der Waals surface area contributed by atoms with Crippen molar-refractivity contribution in [3.05, 3.63) is 22.8 Å². The van der Waals surface area contributed by atoms with Gasteiger partial charge in [0.05, 0.1) is 4.47 Å². The van der Waals surface area contributed by atoms with Crippen molar-refractivity contribution in [2.75, 3.05) is 18.4 Å². The van der Waals surface area contributed by atoms with E-state index in [1.807, 2.05) is 18.3 Å². The highest BCUT2D eigenvalue weighted by molar-refractivity contribution is 9.10. The van der Waals surface area contributed by atoms with Crippen LogP contribution >= 0.6 is 15.9 Å². The van der Waals surface area contributed by atoms with E-state index < -0.39 is 0 Å². The lowest BCUT2D eigenvalue weighted by Gasteiger charge is -2.13. The topological polar surface area (TPSA) is 54.2 Å². The van der Waals surface area contributed by atoms with E-state index in [4.69, 9.17) is 0 Å². The van der Waals surface area contributed by atoms with Gasteiger partial charge in [0.2, 0.25) is 5.95 Å². The minimum Gasteiger partial charge on any atom is -0.350 e. The van der Waals surface area contributed by atoms with Crippen molar-refractivity contribution in [1.82, 2.24) is 19.9 Å². The molecule has 0 spiro atoms. The van der Waals surface area contributed by atoms with Gasteiger partial charge in [-0.25, -0.2) is 4.52 Å². The zero-order valence-corrected chi connectivity index (χ0v) is 11.7. The van der Waals surface area contributed by atoms with Gasteiger partial charge in [-0.05, 0) is 60.4 Å². The number of nitrogens with zero attached hydrogens (tertiary/aromatic N) is 3. The highest BCUT2D eigenvalue weighted by Crippen LogP contribution is 2.18. The first kappa shape index (κ1) is 11.9. The summed E-state index contributed by atoms with van der Waals surface area (Å²) in [7, 11) is 0. The van der Waals surface area contributed by atoms with E-state index in [-0.39, 0.29) is 0 Å². The fourth-order valence-electron chi connectivity index (χ4n) is 2.28. The number of halogens is 1. The van der Waals surface area contributed by atoms with Crippen LogP contribution in [0.1, 0.15) is 19.3 Å². The predicted octanol–water partition coefficient (Wildman–Crippen LogP) is 2.05. The lowest BCUT2D eigenvalue weighted by Crippen LogP contribution is -2.22. The highest BCUT2D eigenvalue weighted by atomic mass is 79.9. The first-order valence-electron chi connectivity index (χ1n) is 6.31. The number of hydrogen-bond acceptors (Lipinski definition) is 4. The van der Waals surface area contributed by atoms with Crippen molar-refractivity contribution in [3.63, 3.8) is 0 Å². The van der Waals surface area contributed by atoms with Crippen LogP contribution in [0.15, 0.2) is 22.8 Å². The maximum atomic E-state index is 4.51. The van der Waals surface area contributed by atoms with Gasteiger partial charge in [0.25, 0.3) is 0 Å². The first-order chi connectivity index (χ1) is 8.83. The Hall–Kier alpha value is -1.14. The minimum atomic E-state index is 0.469. The van der Waals surface area contributed by atoms with Gasteiger partial charge < -0.3 is 10.6 Å². The smallest absolute Gasteiger partial charge is 0.243 e. The number of rotatable bonds is 2. The second-order valence-corrected chi connectivity index (χ2v) is 5.44. The third kappa shape index (κ3) is 2.49. The molecule has 6 heteroatoms. The molecule has 2 aromatic rings. The van der Waals surface area contributed by atoms with Gasteiger partial charge in [-0.3, -0.25) is 0 Å². The molecule has 0 saturated carbocycles. The molecule has 3 heterocycles. The fraction of sp³-hybridized carbons (Fsp3) is 0.500. The summed E-state index contributed by atoms with van der Waals surface area (Å²) in [5.41, 5.74) is 0.853. The molecule has 1 saturated heterocycles. The first-order valence-corrected chi connectivity index (χ1v) is 7.10. The van der Waals surface area contributed by atoms with E-state index in [1.165, 1.54) is 12.8 Å². The van der Waals surface area contributed by atoms with Crippen LogP contribution in [0.25, 0.3) is 5.65 Å². The largest absolute Gasteiger partial charge is 0.350 e. The van der Waals surface area contributed by atoms with Gasteiger partial charge >= 0.3 is 0 Å². The van der Waals surface area contributed by atoms with E-state index in [2.05, 4.69) is 36.6 Å². The molecule has 5 nitrogen and oxygen atoms in total. The summed E-state index contributed by atoms with van der Waals surface area (Å²) in [6, 6.07) is 4.39.